The molecule has 2 amide bonds. The zero-order chi connectivity index (χ0) is 19.8. The molecule has 1 N–H and O–H groups in total. The van der Waals surface area contributed by atoms with Crippen LogP contribution < -0.4 is 14.8 Å². The molecular weight excluding hydrogens is 396 g/mol. The number of halogens is 1. The Kier molecular flexibility index (Phi) is 7.33. The van der Waals surface area contributed by atoms with Gasteiger partial charge < -0.3 is 14.8 Å². The number of ether oxygens (including phenoxy) is 2. The van der Waals surface area contributed by atoms with Crippen molar-refractivity contribution in [2.45, 2.75) is 6.42 Å². The van der Waals surface area contributed by atoms with Crippen LogP contribution >= 0.6 is 11.6 Å². The minimum atomic E-state index is -2.86. The Bertz CT molecular complexity index is 965. The standard InChI is InChI=1S/C17H15ClN2O6S/c1-25-15-7-4-12(18)10-14(15)16(21)19-9-8-11-2-5-13(6-3-11)26-17(22)20-27(23)24/h2-7,10H,8-9H2,1H3,(H,19,21). The van der Waals surface area contributed by atoms with Crippen molar-refractivity contribution in [3.05, 3.63) is 58.6 Å². The number of rotatable bonds is 6. The van der Waals surface area contributed by atoms with Gasteiger partial charge in [0.1, 0.15) is 11.5 Å². The Morgan fingerprint density at radius 3 is 2.48 bits per heavy atom. The third kappa shape index (κ3) is 6.39. The molecule has 0 fully saturated rings. The van der Waals surface area contributed by atoms with Crippen molar-refractivity contribution in [3.8, 4) is 11.5 Å². The SMILES string of the molecule is COc1ccc(Cl)cc1C(=O)NCCc1ccc(OC(=O)N=S(=O)=O)cc1. The van der Waals surface area contributed by atoms with Crippen LogP contribution in [-0.4, -0.2) is 34.1 Å². The second-order valence-corrected chi connectivity index (χ2v) is 6.22. The fraction of sp³-hybridized carbons (Fsp3) is 0.176. The third-order valence-electron chi connectivity index (χ3n) is 3.38. The maximum absolute atomic E-state index is 12.3. The van der Waals surface area contributed by atoms with E-state index in [0.29, 0.717) is 29.3 Å². The van der Waals surface area contributed by atoms with Crippen LogP contribution in [0, 0.1) is 0 Å². The summed E-state index contributed by atoms with van der Waals surface area (Å²) < 4.78 is 33.1. The topological polar surface area (TPSA) is 111 Å². The first-order valence-corrected chi connectivity index (χ1v) is 9.03. The van der Waals surface area contributed by atoms with Crippen molar-refractivity contribution in [1.29, 1.82) is 0 Å². The summed E-state index contributed by atoms with van der Waals surface area (Å²) in [4.78, 5) is 23.4. The van der Waals surface area contributed by atoms with Crippen molar-refractivity contribution in [2.24, 2.45) is 4.36 Å². The average Bonchev–Trinajstić information content (AvgIpc) is 2.62. The maximum atomic E-state index is 12.3. The van der Waals surface area contributed by atoms with Gasteiger partial charge in [-0.15, -0.1) is 0 Å². The minimum absolute atomic E-state index is 0.158. The molecule has 0 radical (unpaired) electrons. The minimum Gasteiger partial charge on any atom is -0.496 e. The van der Waals surface area contributed by atoms with Gasteiger partial charge in [-0.05, 0) is 42.3 Å². The predicted molar refractivity (Wildman–Crippen MR) is 97.9 cm³/mol. The lowest BCUT2D eigenvalue weighted by molar-refractivity contribution is 0.0951. The number of hydrogen-bond acceptors (Lipinski definition) is 6. The summed E-state index contributed by atoms with van der Waals surface area (Å²) in [6.07, 6.45) is -0.698. The summed E-state index contributed by atoms with van der Waals surface area (Å²) in [7, 11) is -1.39. The second kappa shape index (κ2) is 9.70. The van der Waals surface area contributed by atoms with Crippen LogP contribution in [0.25, 0.3) is 0 Å². The first-order valence-electron chi connectivity index (χ1n) is 7.62. The van der Waals surface area contributed by atoms with Gasteiger partial charge in [-0.2, -0.15) is 8.42 Å². The molecule has 0 aromatic heterocycles. The Labute approximate surface area is 161 Å². The van der Waals surface area contributed by atoms with Crippen LogP contribution in [0.5, 0.6) is 11.5 Å². The number of amides is 2. The van der Waals surface area contributed by atoms with Gasteiger partial charge in [-0.25, -0.2) is 4.79 Å². The molecule has 0 bridgehead atoms. The molecule has 0 aliphatic rings. The Morgan fingerprint density at radius 1 is 1.15 bits per heavy atom. The lowest BCUT2D eigenvalue weighted by Crippen LogP contribution is -2.26. The van der Waals surface area contributed by atoms with Crippen molar-refractivity contribution < 1.29 is 27.5 Å². The first kappa shape index (κ1) is 20.4. The van der Waals surface area contributed by atoms with Gasteiger partial charge in [0.15, 0.2) is 0 Å². The zero-order valence-corrected chi connectivity index (χ0v) is 15.7. The van der Waals surface area contributed by atoms with E-state index in [2.05, 4.69) is 9.68 Å². The van der Waals surface area contributed by atoms with E-state index in [-0.39, 0.29) is 11.7 Å². The van der Waals surface area contributed by atoms with Crippen molar-refractivity contribution >= 4 is 34.1 Å². The van der Waals surface area contributed by atoms with E-state index in [1.54, 1.807) is 24.3 Å². The lowest BCUT2D eigenvalue weighted by atomic mass is 10.1. The van der Waals surface area contributed by atoms with Crippen molar-refractivity contribution in [3.63, 3.8) is 0 Å². The molecule has 0 heterocycles. The second-order valence-electron chi connectivity index (χ2n) is 5.17. The molecule has 0 spiro atoms. The number of carbonyl (C=O) groups is 2. The Morgan fingerprint density at radius 2 is 1.85 bits per heavy atom. The molecule has 8 nitrogen and oxygen atoms in total. The summed E-state index contributed by atoms with van der Waals surface area (Å²) >= 11 is 5.91. The number of benzene rings is 2. The largest absolute Gasteiger partial charge is 0.496 e. The molecule has 0 aliphatic heterocycles. The summed E-state index contributed by atoms with van der Waals surface area (Å²) in [5.41, 5.74) is 1.21. The normalized spacial score (nSPS) is 10.0. The van der Waals surface area contributed by atoms with E-state index in [0.717, 1.165) is 5.56 Å². The van der Waals surface area contributed by atoms with Gasteiger partial charge in [0.2, 0.25) is 0 Å². The summed E-state index contributed by atoms with van der Waals surface area (Å²) in [5.74, 6) is 0.269. The van der Waals surface area contributed by atoms with Gasteiger partial charge in [0.25, 0.3) is 5.91 Å². The van der Waals surface area contributed by atoms with Crippen LogP contribution in [0.3, 0.4) is 0 Å². The molecule has 2 rings (SSSR count). The van der Waals surface area contributed by atoms with Crippen LogP contribution in [0.15, 0.2) is 46.8 Å². The van der Waals surface area contributed by atoms with Gasteiger partial charge in [-0.1, -0.05) is 28.1 Å². The van der Waals surface area contributed by atoms with Crippen molar-refractivity contribution in [2.75, 3.05) is 13.7 Å². The van der Waals surface area contributed by atoms with Gasteiger partial charge >= 0.3 is 16.6 Å². The highest BCUT2D eigenvalue weighted by Crippen LogP contribution is 2.22. The van der Waals surface area contributed by atoms with Crippen LogP contribution in [0.2, 0.25) is 5.02 Å². The fourth-order valence-electron chi connectivity index (χ4n) is 2.18. The molecule has 10 heteroatoms. The molecule has 2 aromatic carbocycles. The quantitative estimate of drug-likeness (QED) is 0.783. The number of carbonyl (C=O) groups excluding carboxylic acids is 2. The van der Waals surface area contributed by atoms with E-state index >= 15 is 0 Å². The summed E-state index contributed by atoms with van der Waals surface area (Å²) in [5, 5.41) is 3.20. The van der Waals surface area contributed by atoms with Gasteiger partial charge in [0.05, 0.1) is 12.7 Å². The average molecular weight is 411 g/mol. The van der Waals surface area contributed by atoms with E-state index in [4.69, 9.17) is 21.1 Å². The first-order chi connectivity index (χ1) is 12.9. The van der Waals surface area contributed by atoms with Crippen LogP contribution in [0.1, 0.15) is 15.9 Å². The van der Waals surface area contributed by atoms with Crippen molar-refractivity contribution in [1.82, 2.24) is 5.32 Å². The smallest absolute Gasteiger partial charge is 0.454 e. The molecule has 0 saturated heterocycles. The van der Waals surface area contributed by atoms with E-state index in [9.17, 15) is 18.0 Å². The Balaban J connectivity index is 1.90. The maximum Gasteiger partial charge on any atom is 0.454 e. The zero-order valence-electron chi connectivity index (χ0n) is 14.1. The highest BCUT2D eigenvalue weighted by molar-refractivity contribution is 7.62. The highest BCUT2D eigenvalue weighted by atomic mass is 35.5. The molecule has 0 atom stereocenters. The monoisotopic (exact) mass is 410 g/mol. The Hall–Kier alpha value is -2.91. The summed E-state index contributed by atoms with van der Waals surface area (Å²) in [6.45, 7) is 0.359. The van der Waals surface area contributed by atoms with E-state index in [1.807, 2.05) is 0 Å². The van der Waals surface area contributed by atoms with Gasteiger partial charge in [0, 0.05) is 11.6 Å². The molecule has 0 saturated carbocycles. The molecule has 27 heavy (non-hydrogen) atoms. The fourth-order valence-corrected chi connectivity index (χ4v) is 2.51. The number of nitrogens with one attached hydrogen (secondary N) is 1. The summed E-state index contributed by atoms with van der Waals surface area (Å²) in [6, 6.07) is 11.1. The third-order valence-corrected chi connectivity index (χ3v) is 3.92. The number of methoxy groups -OCH3 is 1. The number of hydrogen-bond donors (Lipinski definition) is 1. The molecule has 142 valence electrons. The van der Waals surface area contributed by atoms with Crippen LogP contribution in [0.4, 0.5) is 4.79 Å². The van der Waals surface area contributed by atoms with Gasteiger partial charge in [-0.3, -0.25) is 4.79 Å². The highest BCUT2D eigenvalue weighted by Gasteiger charge is 2.12. The van der Waals surface area contributed by atoms with E-state index in [1.165, 1.54) is 25.3 Å². The molecule has 0 unspecified atom stereocenters. The molecule has 0 aliphatic carbocycles. The lowest BCUT2D eigenvalue weighted by Gasteiger charge is -2.10. The van der Waals surface area contributed by atoms with Crippen LogP contribution in [-0.2, 0) is 16.9 Å². The predicted octanol–water partition coefficient (Wildman–Crippen LogP) is 2.88. The molecule has 2 aromatic rings. The molecular formula is C17H15ClN2O6S. The number of nitrogens with zero attached hydrogens (tertiary/aromatic N) is 1. The van der Waals surface area contributed by atoms with E-state index < -0.39 is 16.6 Å².